The number of amides is 3. The average Bonchev–Trinajstić information content (AvgIpc) is 3.56. The second-order valence-corrected chi connectivity index (χ2v) is 13.1. The number of ketones is 1. The molecule has 3 aromatic rings. The third kappa shape index (κ3) is 5.65. The first-order valence-corrected chi connectivity index (χ1v) is 15.4. The molecule has 2 fully saturated rings. The fourth-order valence-corrected chi connectivity index (χ4v) is 6.86. The largest absolute Gasteiger partial charge is 0.422 e. The van der Waals surface area contributed by atoms with Crippen molar-refractivity contribution in [2.24, 2.45) is 11.8 Å². The molecule has 1 aliphatic carbocycles. The molecule has 2 heterocycles. The SMILES string of the molecule is O=C(CN(C(=O)c1ccccc1Cl)N1C(=O)[C@H]2C[C@H](Br)[C@@H](Br)C[C@H]2C1=O)c1ccc(OC(=O)c2cccs2)cc1. The van der Waals surface area contributed by atoms with Gasteiger partial charge in [-0.3, -0.25) is 19.2 Å². The molecular formula is C28H21Br2ClN2O6S. The number of halogens is 3. The van der Waals surface area contributed by atoms with Crippen LogP contribution in [0.3, 0.4) is 0 Å². The smallest absolute Gasteiger partial charge is 0.353 e. The molecular weight excluding hydrogens is 688 g/mol. The summed E-state index contributed by atoms with van der Waals surface area (Å²) in [5, 5.41) is 3.60. The number of carbonyl (C=O) groups excluding carboxylic acids is 5. The number of hydrogen-bond acceptors (Lipinski definition) is 7. The number of Topliss-reactive ketones (excluding diaryl/α,β-unsaturated/α-hetero) is 1. The number of imide groups is 1. The molecule has 1 saturated carbocycles. The van der Waals surface area contributed by atoms with E-state index < -0.39 is 47.9 Å². The molecule has 2 aromatic carbocycles. The van der Waals surface area contributed by atoms with Gasteiger partial charge in [-0.1, -0.05) is 61.7 Å². The van der Waals surface area contributed by atoms with E-state index in [1.807, 2.05) is 0 Å². The van der Waals surface area contributed by atoms with Crippen LogP contribution < -0.4 is 4.74 Å². The molecule has 40 heavy (non-hydrogen) atoms. The molecule has 0 unspecified atom stereocenters. The summed E-state index contributed by atoms with van der Waals surface area (Å²) < 4.78 is 5.34. The first kappa shape index (κ1) is 28.7. The predicted molar refractivity (Wildman–Crippen MR) is 156 cm³/mol. The van der Waals surface area contributed by atoms with Crippen LogP contribution in [0.25, 0.3) is 0 Å². The molecule has 1 saturated heterocycles. The van der Waals surface area contributed by atoms with Gasteiger partial charge in [0.05, 0.1) is 22.4 Å². The fourth-order valence-electron chi connectivity index (χ4n) is 4.81. The van der Waals surface area contributed by atoms with E-state index in [2.05, 4.69) is 31.9 Å². The van der Waals surface area contributed by atoms with Crippen molar-refractivity contribution in [3.8, 4) is 5.75 Å². The number of ether oxygens (including phenoxy) is 1. The van der Waals surface area contributed by atoms with Gasteiger partial charge in [-0.05, 0) is 60.7 Å². The zero-order chi connectivity index (χ0) is 28.6. The molecule has 0 bridgehead atoms. The highest BCUT2D eigenvalue weighted by Gasteiger charge is 2.54. The summed E-state index contributed by atoms with van der Waals surface area (Å²) in [6, 6.07) is 15.5. The number of carbonyl (C=O) groups is 5. The highest BCUT2D eigenvalue weighted by atomic mass is 79.9. The van der Waals surface area contributed by atoms with Crippen LogP contribution in [0.1, 0.15) is 43.2 Å². The minimum absolute atomic E-state index is 0.0211. The Hall–Kier alpha value is -2.86. The molecule has 3 amide bonds. The number of fused-ring (bicyclic) bond motifs is 1. The van der Waals surface area contributed by atoms with Crippen molar-refractivity contribution in [1.82, 2.24) is 10.0 Å². The number of nitrogens with zero attached hydrogens (tertiary/aromatic N) is 2. The maximum atomic E-state index is 13.7. The van der Waals surface area contributed by atoms with Gasteiger partial charge in [0.2, 0.25) is 0 Å². The Kier molecular flexibility index (Phi) is 8.55. The fraction of sp³-hybridized carbons (Fsp3) is 0.250. The van der Waals surface area contributed by atoms with Crippen LogP contribution in [0.4, 0.5) is 0 Å². The number of rotatable bonds is 7. The van der Waals surface area contributed by atoms with Gasteiger partial charge in [0.25, 0.3) is 17.7 Å². The summed E-state index contributed by atoms with van der Waals surface area (Å²) in [7, 11) is 0. The quantitative estimate of drug-likeness (QED) is 0.101. The minimum Gasteiger partial charge on any atom is -0.422 e. The Balaban J connectivity index is 1.40. The van der Waals surface area contributed by atoms with Gasteiger partial charge in [-0.2, -0.15) is 5.01 Å². The van der Waals surface area contributed by atoms with Crippen molar-refractivity contribution in [1.29, 1.82) is 0 Å². The summed E-state index contributed by atoms with van der Waals surface area (Å²) >= 11 is 14.6. The minimum atomic E-state index is -0.744. The van der Waals surface area contributed by atoms with Crippen molar-refractivity contribution in [2.75, 3.05) is 6.54 Å². The Morgan fingerprint density at radius 3 is 2.12 bits per heavy atom. The van der Waals surface area contributed by atoms with Crippen LogP contribution in [0.5, 0.6) is 5.75 Å². The van der Waals surface area contributed by atoms with Gasteiger partial charge in [-0.25, -0.2) is 9.80 Å². The van der Waals surface area contributed by atoms with Gasteiger partial charge in [-0.15, -0.1) is 11.3 Å². The van der Waals surface area contributed by atoms with E-state index in [0.29, 0.717) is 17.7 Å². The van der Waals surface area contributed by atoms with E-state index in [1.54, 1.807) is 29.6 Å². The monoisotopic (exact) mass is 706 g/mol. The topological polar surface area (TPSA) is 101 Å². The summed E-state index contributed by atoms with van der Waals surface area (Å²) in [5.41, 5.74) is 0.255. The highest BCUT2D eigenvalue weighted by Crippen LogP contribution is 2.43. The Bertz CT molecular complexity index is 1450. The second-order valence-electron chi connectivity index (χ2n) is 9.36. The second kappa shape index (κ2) is 11.9. The number of alkyl halides is 2. The lowest BCUT2D eigenvalue weighted by Gasteiger charge is -2.30. The molecule has 4 atom stereocenters. The standard InChI is InChI=1S/C28H21Br2ClN2O6S/c29-20-12-18-19(13-21(20)30)27(37)33(26(18)36)32(25(35)17-4-1-2-5-22(17)31)14-23(34)15-7-9-16(10-8-15)39-28(38)24-6-3-11-40-24/h1-11,18-21H,12-14H2/t18-,19+,20-,21-/m0/s1. The number of hydrogen-bond donors (Lipinski definition) is 0. The van der Waals surface area contributed by atoms with Gasteiger partial charge in [0, 0.05) is 15.2 Å². The van der Waals surface area contributed by atoms with E-state index >= 15 is 0 Å². The van der Waals surface area contributed by atoms with Gasteiger partial charge in [0.15, 0.2) is 5.78 Å². The third-order valence-corrected chi connectivity index (χ3v) is 10.8. The van der Waals surface area contributed by atoms with Gasteiger partial charge in [0.1, 0.15) is 17.2 Å². The zero-order valence-corrected chi connectivity index (χ0v) is 25.4. The Morgan fingerprint density at radius 2 is 1.55 bits per heavy atom. The third-order valence-electron chi connectivity index (χ3n) is 6.87. The zero-order valence-electron chi connectivity index (χ0n) is 20.7. The van der Waals surface area contributed by atoms with E-state index in [-0.39, 0.29) is 31.6 Å². The van der Waals surface area contributed by atoms with Crippen LogP contribution in [0, 0.1) is 11.8 Å². The van der Waals surface area contributed by atoms with Crippen molar-refractivity contribution in [3.63, 3.8) is 0 Å². The van der Waals surface area contributed by atoms with E-state index in [4.69, 9.17) is 16.3 Å². The van der Waals surface area contributed by atoms with Crippen molar-refractivity contribution in [3.05, 3.63) is 87.1 Å². The van der Waals surface area contributed by atoms with Crippen molar-refractivity contribution >= 4 is 84.3 Å². The molecule has 5 rings (SSSR count). The molecule has 0 radical (unpaired) electrons. The molecule has 1 aliphatic heterocycles. The maximum Gasteiger partial charge on any atom is 0.353 e. The van der Waals surface area contributed by atoms with E-state index in [1.165, 1.54) is 47.7 Å². The molecule has 0 N–H and O–H groups in total. The summed E-state index contributed by atoms with van der Waals surface area (Å²) in [5.74, 6) is -3.82. The Morgan fingerprint density at radius 1 is 0.925 bits per heavy atom. The van der Waals surface area contributed by atoms with Gasteiger partial charge < -0.3 is 4.74 Å². The van der Waals surface area contributed by atoms with Crippen molar-refractivity contribution in [2.45, 2.75) is 22.5 Å². The summed E-state index contributed by atoms with van der Waals surface area (Å²) in [6.07, 6.45) is 0.824. The highest BCUT2D eigenvalue weighted by molar-refractivity contribution is 9.12. The van der Waals surface area contributed by atoms with Gasteiger partial charge >= 0.3 is 5.97 Å². The molecule has 8 nitrogen and oxygen atoms in total. The lowest BCUT2D eigenvalue weighted by Crippen LogP contribution is -2.52. The predicted octanol–water partition coefficient (Wildman–Crippen LogP) is 5.78. The maximum absolute atomic E-state index is 13.7. The number of thiophene rings is 1. The first-order valence-electron chi connectivity index (χ1n) is 12.3. The van der Waals surface area contributed by atoms with Crippen LogP contribution in [-0.4, -0.2) is 55.7 Å². The number of benzene rings is 2. The number of hydrazine groups is 1. The van der Waals surface area contributed by atoms with Crippen LogP contribution in [0.15, 0.2) is 66.0 Å². The molecule has 0 spiro atoms. The average molecular weight is 709 g/mol. The first-order chi connectivity index (χ1) is 19.2. The van der Waals surface area contributed by atoms with Crippen LogP contribution >= 0.6 is 54.8 Å². The molecule has 2 aliphatic rings. The summed E-state index contributed by atoms with van der Waals surface area (Å²) in [6.45, 7) is -0.579. The lowest BCUT2D eigenvalue weighted by atomic mass is 9.81. The van der Waals surface area contributed by atoms with E-state index in [9.17, 15) is 24.0 Å². The van der Waals surface area contributed by atoms with E-state index in [0.717, 1.165) is 10.0 Å². The van der Waals surface area contributed by atoms with Crippen LogP contribution in [0.2, 0.25) is 5.02 Å². The molecule has 12 heteroatoms. The molecule has 206 valence electrons. The summed E-state index contributed by atoms with van der Waals surface area (Å²) in [4.78, 5) is 66.7. The van der Waals surface area contributed by atoms with Crippen LogP contribution in [-0.2, 0) is 9.59 Å². The lowest BCUT2D eigenvalue weighted by molar-refractivity contribution is -0.154. The molecule has 1 aromatic heterocycles. The Labute approximate surface area is 255 Å². The van der Waals surface area contributed by atoms with Crippen molar-refractivity contribution < 1.29 is 28.7 Å². The number of esters is 1. The normalized spacial score (nSPS) is 22.1.